The summed E-state index contributed by atoms with van der Waals surface area (Å²) in [5.74, 6) is -1.46. The number of halogens is 2. The summed E-state index contributed by atoms with van der Waals surface area (Å²) in [5, 5.41) is 4.50. The van der Waals surface area contributed by atoms with E-state index in [1.54, 1.807) is 13.0 Å². The number of hydrogen-bond donors (Lipinski definition) is 0. The van der Waals surface area contributed by atoms with E-state index < -0.39 is 17.2 Å². The summed E-state index contributed by atoms with van der Waals surface area (Å²) in [7, 11) is 0. The first kappa shape index (κ1) is 28.3. The number of Topliss-reactive ketones (excluding diaryl/α,β-unsaturated/α-hetero) is 1. The average molecular weight is 515 g/mol. The topological polar surface area (TPSA) is 69.9 Å². The van der Waals surface area contributed by atoms with Gasteiger partial charge in [-0.15, -0.1) is 0 Å². The predicted octanol–water partition coefficient (Wildman–Crippen LogP) is 6.78. The summed E-state index contributed by atoms with van der Waals surface area (Å²) < 4.78 is 40.9. The number of ketones is 1. The van der Waals surface area contributed by atoms with Crippen LogP contribution in [0.4, 0.5) is 8.78 Å². The molecule has 3 rings (SSSR count). The first-order valence-electron chi connectivity index (χ1n) is 12.6. The Bertz CT molecular complexity index is 1270. The van der Waals surface area contributed by atoms with Crippen molar-refractivity contribution in [2.75, 3.05) is 0 Å². The Hall–Kier alpha value is -3.29. The molecule has 0 aliphatic rings. The van der Waals surface area contributed by atoms with Gasteiger partial charge in [0, 0.05) is 18.9 Å². The molecule has 2 heterocycles. The number of carbonyl (C=O) groups excluding carboxylic acids is 2. The molecule has 0 saturated heterocycles. The largest absolute Gasteiger partial charge is 0.473 e. The van der Waals surface area contributed by atoms with E-state index in [-0.39, 0.29) is 48.6 Å². The molecular formula is C29H36F2N2O4. The highest BCUT2D eigenvalue weighted by atomic mass is 19.1. The lowest BCUT2D eigenvalue weighted by Crippen LogP contribution is -2.26. The summed E-state index contributed by atoms with van der Waals surface area (Å²) in [6, 6.07) is 7.18. The molecule has 0 radical (unpaired) electrons. The molecule has 1 aromatic carbocycles. The number of carbonyl (C=O) groups is 2. The Labute approximate surface area is 217 Å². The van der Waals surface area contributed by atoms with Crippen molar-refractivity contribution in [1.82, 2.24) is 9.61 Å². The van der Waals surface area contributed by atoms with E-state index in [2.05, 4.69) is 18.9 Å². The van der Waals surface area contributed by atoms with Gasteiger partial charge in [-0.25, -0.2) is 13.3 Å². The number of fused-ring (bicyclic) bond motifs is 1. The van der Waals surface area contributed by atoms with Crippen LogP contribution in [0.15, 0.2) is 30.3 Å². The highest BCUT2D eigenvalue weighted by molar-refractivity contribution is 6.03. The van der Waals surface area contributed by atoms with E-state index >= 15 is 0 Å². The highest BCUT2D eigenvalue weighted by Gasteiger charge is 2.27. The van der Waals surface area contributed by atoms with Gasteiger partial charge in [0.25, 0.3) is 0 Å². The predicted molar refractivity (Wildman–Crippen MR) is 138 cm³/mol. The Morgan fingerprint density at radius 1 is 1.05 bits per heavy atom. The number of rotatable bonds is 10. The maximum atomic E-state index is 14.1. The maximum Gasteiger partial charge on any atom is 0.306 e. The van der Waals surface area contributed by atoms with Crippen LogP contribution in [-0.2, 0) is 16.1 Å². The first-order chi connectivity index (χ1) is 17.2. The number of aromatic nitrogens is 2. The van der Waals surface area contributed by atoms with Crippen LogP contribution in [0.3, 0.4) is 0 Å². The molecule has 0 fully saturated rings. The Balaban J connectivity index is 1.88. The third-order valence-corrected chi connectivity index (χ3v) is 5.88. The van der Waals surface area contributed by atoms with Gasteiger partial charge in [0.15, 0.2) is 5.78 Å². The van der Waals surface area contributed by atoms with E-state index in [1.165, 1.54) is 22.7 Å². The minimum atomic E-state index is -0.697. The van der Waals surface area contributed by atoms with Gasteiger partial charge in [0.2, 0.25) is 5.88 Å². The van der Waals surface area contributed by atoms with E-state index in [9.17, 15) is 18.4 Å². The van der Waals surface area contributed by atoms with E-state index in [1.807, 2.05) is 33.8 Å². The van der Waals surface area contributed by atoms with Gasteiger partial charge in [-0.1, -0.05) is 19.9 Å². The van der Waals surface area contributed by atoms with Gasteiger partial charge in [-0.05, 0) is 76.6 Å². The third-order valence-electron chi connectivity index (χ3n) is 5.88. The van der Waals surface area contributed by atoms with Crippen LogP contribution < -0.4 is 4.74 Å². The van der Waals surface area contributed by atoms with Gasteiger partial charge >= 0.3 is 5.97 Å². The molecule has 6 nitrogen and oxygen atoms in total. The van der Waals surface area contributed by atoms with Crippen molar-refractivity contribution in [3.05, 3.63) is 64.4 Å². The van der Waals surface area contributed by atoms with Crippen LogP contribution >= 0.6 is 0 Å². The Morgan fingerprint density at radius 2 is 1.70 bits per heavy atom. The molecule has 2 aromatic heterocycles. The molecule has 1 atom stereocenters. The number of aryl methyl sites for hydroxylation is 2. The van der Waals surface area contributed by atoms with E-state index in [0.29, 0.717) is 29.1 Å². The summed E-state index contributed by atoms with van der Waals surface area (Å²) >= 11 is 0. The highest BCUT2D eigenvalue weighted by Crippen LogP contribution is 2.29. The van der Waals surface area contributed by atoms with Crippen LogP contribution in [-0.4, -0.2) is 27.0 Å². The van der Waals surface area contributed by atoms with Crippen molar-refractivity contribution in [2.24, 2.45) is 11.8 Å². The van der Waals surface area contributed by atoms with Gasteiger partial charge in [-0.3, -0.25) is 9.59 Å². The lowest BCUT2D eigenvalue weighted by Gasteiger charge is -2.23. The number of benzene rings is 1. The van der Waals surface area contributed by atoms with Gasteiger partial charge in [0.1, 0.15) is 23.8 Å². The zero-order valence-corrected chi connectivity index (χ0v) is 22.7. The lowest BCUT2D eigenvalue weighted by molar-refractivity contribution is -0.156. The molecule has 3 aromatic rings. The number of ether oxygens (including phenoxy) is 2. The molecular weight excluding hydrogens is 478 g/mol. The molecule has 37 heavy (non-hydrogen) atoms. The standard InChI is InChI=1S/C29H36F2N2O4/c1-17(2)11-20(15-27(35)37-29(5,6)7)14-25(34)28-19(4)32-33-24(28)12-18(3)13-26(33)36-16-21-22(30)9-8-10-23(21)31/h8-10,12-13,17,20H,11,14-16H2,1-7H3/t20-/m0/s1. The fourth-order valence-electron chi connectivity index (χ4n) is 4.51. The van der Waals surface area contributed by atoms with Gasteiger partial charge in [0.05, 0.1) is 22.3 Å². The van der Waals surface area contributed by atoms with Gasteiger partial charge < -0.3 is 9.47 Å². The second-order valence-corrected chi connectivity index (χ2v) is 11.0. The normalized spacial score (nSPS) is 12.7. The average Bonchev–Trinajstić information content (AvgIpc) is 3.07. The molecule has 0 unspecified atom stereocenters. The van der Waals surface area contributed by atoms with Crippen molar-refractivity contribution < 1.29 is 27.8 Å². The van der Waals surface area contributed by atoms with Crippen LogP contribution in [0.1, 0.15) is 81.1 Å². The summed E-state index contributed by atoms with van der Waals surface area (Å²) in [5.41, 5.74) is 1.53. The summed E-state index contributed by atoms with van der Waals surface area (Å²) in [4.78, 5) is 26.0. The summed E-state index contributed by atoms with van der Waals surface area (Å²) in [6.07, 6.45) is 1.02. The second-order valence-electron chi connectivity index (χ2n) is 11.0. The molecule has 0 N–H and O–H groups in total. The fraction of sp³-hybridized carbons (Fsp3) is 0.483. The summed E-state index contributed by atoms with van der Waals surface area (Å²) in [6.45, 7) is 12.8. The van der Waals surface area contributed by atoms with Crippen LogP contribution in [0.25, 0.3) is 5.52 Å². The zero-order valence-electron chi connectivity index (χ0n) is 22.7. The Kier molecular flexibility index (Phi) is 8.72. The van der Waals surface area contributed by atoms with Crippen molar-refractivity contribution in [3.8, 4) is 5.88 Å². The lowest BCUT2D eigenvalue weighted by atomic mass is 9.88. The van der Waals surface area contributed by atoms with Crippen molar-refractivity contribution in [1.29, 1.82) is 0 Å². The molecule has 0 amide bonds. The molecule has 200 valence electrons. The van der Waals surface area contributed by atoms with Crippen LogP contribution in [0, 0.1) is 37.3 Å². The molecule has 0 saturated carbocycles. The minimum absolute atomic E-state index is 0.126. The van der Waals surface area contributed by atoms with Crippen molar-refractivity contribution in [3.63, 3.8) is 0 Å². The molecule has 0 spiro atoms. The van der Waals surface area contributed by atoms with Crippen LogP contribution in [0.5, 0.6) is 5.88 Å². The molecule has 0 aliphatic carbocycles. The molecule has 0 aliphatic heterocycles. The maximum absolute atomic E-state index is 14.1. The van der Waals surface area contributed by atoms with Crippen molar-refractivity contribution in [2.45, 2.75) is 79.9 Å². The van der Waals surface area contributed by atoms with E-state index in [4.69, 9.17) is 9.47 Å². The molecule has 8 heteroatoms. The first-order valence-corrected chi connectivity index (χ1v) is 12.6. The SMILES string of the molecule is Cc1cc(OCc2c(F)cccc2F)n2nc(C)c(C(=O)C[C@@H](CC(=O)OC(C)(C)C)CC(C)C)c2c1. The smallest absolute Gasteiger partial charge is 0.306 e. The Morgan fingerprint density at radius 3 is 2.30 bits per heavy atom. The number of esters is 1. The van der Waals surface area contributed by atoms with E-state index in [0.717, 1.165) is 5.56 Å². The van der Waals surface area contributed by atoms with Gasteiger partial charge in [-0.2, -0.15) is 5.10 Å². The number of nitrogens with zero attached hydrogens (tertiary/aromatic N) is 2. The third kappa shape index (κ3) is 7.37. The molecule has 0 bridgehead atoms. The number of pyridine rings is 1. The zero-order chi connectivity index (χ0) is 27.5. The van der Waals surface area contributed by atoms with Crippen LogP contribution in [0.2, 0.25) is 0 Å². The fourth-order valence-corrected chi connectivity index (χ4v) is 4.51. The minimum Gasteiger partial charge on any atom is -0.473 e. The number of hydrogen-bond acceptors (Lipinski definition) is 5. The quantitative estimate of drug-likeness (QED) is 0.220. The van der Waals surface area contributed by atoms with Crippen molar-refractivity contribution >= 4 is 17.3 Å². The second kappa shape index (κ2) is 11.4. The monoisotopic (exact) mass is 514 g/mol.